The quantitative estimate of drug-likeness (QED) is 0.773. The fourth-order valence-corrected chi connectivity index (χ4v) is 2.89. The van der Waals surface area contributed by atoms with Gasteiger partial charge in [-0.2, -0.15) is 5.10 Å². The van der Waals surface area contributed by atoms with Crippen LogP contribution in [0, 0.1) is 13.8 Å². The van der Waals surface area contributed by atoms with Crippen molar-refractivity contribution in [1.29, 1.82) is 0 Å². The normalized spacial score (nSPS) is 11.6. The molecule has 0 atom stereocenters. The van der Waals surface area contributed by atoms with E-state index in [1.165, 1.54) is 0 Å². The monoisotopic (exact) mass is 292 g/mol. The van der Waals surface area contributed by atoms with E-state index in [-0.39, 0.29) is 0 Å². The molecule has 0 aliphatic carbocycles. The number of aromatic amines is 1. The van der Waals surface area contributed by atoms with Gasteiger partial charge in [-0.05, 0) is 30.5 Å². The maximum atomic E-state index is 11.5. The van der Waals surface area contributed by atoms with Crippen molar-refractivity contribution in [1.82, 2.24) is 10.2 Å². The number of hydrogen-bond acceptors (Lipinski definition) is 2. The Balaban J connectivity index is 2.12. The summed E-state index contributed by atoms with van der Waals surface area (Å²) in [5.74, 6) is 0. The Bertz CT molecular complexity index is 689. The highest BCUT2D eigenvalue weighted by atomic mass is 16.3. The number of nitrogens with one attached hydrogen (secondary N) is 1. The topological polar surface area (TPSA) is 48.9 Å². The van der Waals surface area contributed by atoms with E-state index < -0.39 is 5.60 Å². The molecule has 0 fully saturated rings. The van der Waals surface area contributed by atoms with E-state index in [4.69, 9.17) is 0 Å². The zero-order chi connectivity index (χ0) is 15.6. The van der Waals surface area contributed by atoms with Crippen molar-refractivity contribution in [3.63, 3.8) is 0 Å². The maximum Gasteiger partial charge on any atom is 0.119 e. The first-order valence-electron chi connectivity index (χ1n) is 7.45. The highest BCUT2D eigenvalue weighted by molar-refractivity contribution is 5.39. The third-order valence-corrected chi connectivity index (χ3v) is 4.22. The van der Waals surface area contributed by atoms with Crippen LogP contribution in [-0.2, 0) is 12.0 Å². The van der Waals surface area contributed by atoms with Crippen molar-refractivity contribution in [2.45, 2.75) is 25.9 Å². The average molecular weight is 292 g/mol. The molecule has 3 heteroatoms. The first-order valence-corrected chi connectivity index (χ1v) is 7.45. The summed E-state index contributed by atoms with van der Waals surface area (Å²) < 4.78 is 0. The lowest BCUT2D eigenvalue weighted by Crippen LogP contribution is -2.30. The predicted octanol–water partition coefficient (Wildman–Crippen LogP) is 3.51. The van der Waals surface area contributed by atoms with Gasteiger partial charge in [0.1, 0.15) is 5.60 Å². The SMILES string of the molecule is Cc1n[nH]c(C)c1CC(O)(c1ccccc1)c1ccccc1. The molecule has 0 radical (unpaired) electrons. The van der Waals surface area contributed by atoms with E-state index in [0.29, 0.717) is 6.42 Å². The summed E-state index contributed by atoms with van der Waals surface area (Å²) in [5, 5.41) is 18.8. The van der Waals surface area contributed by atoms with Crippen LogP contribution in [0.1, 0.15) is 28.1 Å². The molecule has 0 saturated carbocycles. The molecule has 0 aliphatic rings. The Morgan fingerprint density at radius 2 is 1.41 bits per heavy atom. The Hall–Kier alpha value is -2.39. The molecule has 3 nitrogen and oxygen atoms in total. The molecule has 0 bridgehead atoms. The summed E-state index contributed by atoms with van der Waals surface area (Å²) in [5.41, 5.74) is 3.71. The number of H-pyrrole nitrogens is 1. The summed E-state index contributed by atoms with van der Waals surface area (Å²) in [6, 6.07) is 19.6. The van der Waals surface area contributed by atoms with E-state index in [9.17, 15) is 5.11 Å². The molecule has 0 spiro atoms. The van der Waals surface area contributed by atoms with Gasteiger partial charge >= 0.3 is 0 Å². The molecule has 22 heavy (non-hydrogen) atoms. The fourth-order valence-electron chi connectivity index (χ4n) is 2.89. The van der Waals surface area contributed by atoms with Gasteiger partial charge in [0.25, 0.3) is 0 Å². The maximum absolute atomic E-state index is 11.5. The van der Waals surface area contributed by atoms with Crippen LogP contribution in [0.3, 0.4) is 0 Å². The molecule has 0 amide bonds. The first-order chi connectivity index (χ1) is 10.6. The van der Waals surface area contributed by atoms with E-state index >= 15 is 0 Å². The van der Waals surface area contributed by atoms with Crippen LogP contribution >= 0.6 is 0 Å². The van der Waals surface area contributed by atoms with Gasteiger partial charge in [0.2, 0.25) is 0 Å². The van der Waals surface area contributed by atoms with Crippen molar-refractivity contribution < 1.29 is 5.11 Å². The third kappa shape index (κ3) is 2.55. The minimum absolute atomic E-state index is 0.495. The molecule has 0 saturated heterocycles. The van der Waals surface area contributed by atoms with Gasteiger partial charge < -0.3 is 5.11 Å². The smallest absolute Gasteiger partial charge is 0.119 e. The molecule has 3 rings (SSSR count). The van der Waals surface area contributed by atoms with Crippen molar-refractivity contribution in [3.8, 4) is 0 Å². The number of rotatable bonds is 4. The van der Waals surface area contributed by atoms with Crippen LogP contribution < -0.4 is 0 Å². The van der Waals surface area contributed by atoms with Gasteiger partial charge in [0.15, 0.2) is 0 Å². The van der Waals surface area contributed by atoms with Gasteiger partial charge in [-0.25, -0.2) is 0 Å². The van der Waals surface area contributed by atoms with Gasteiger partial charge in [-0.1, -0.05) is 60.7 Å². The first kappa shape index (κ1) is 14.5. The van der Waals surface area contributed by atoms with Crippen molar-refractivity contribution in [2.24, 2.45) is 0 Å². The van der Waals surface area contributed by atoms with Crippen LogP contribution in [0.15, 0.2) is 60.7 Å². The van der Waals surface area contributed by atoms with Gasteiger partial charge in [0, 0.05) is 12.1 Å². The van der Waals surface area contributed by atoms with Crippen LogP contribution in [0.5, 0.6) is 0 Å². The summed E-state index contributed by atoms with van der Waals surface area (Å²) in [4.78, 5) is 0. The molecular formula is C19H20N2O. The molecule has 112 valence electrons. The van der Waals surface area contributed by atoms with Crippen molar-refractivity contribution >= 4 is 0 Å². The van der Waals surface area contributed by atoms with Crippen LogP contribution in [0.2, 0.25) is 0 Å². The Morgan fingerprint density at radius 1 is 0.909 bits per heavy atom. The van der Waals surface area contributed by atoms with Crippen molar-refractivity contribution in [3.05, 3.63) is 88.7 Å². The largest absolute Gasteiger partial charge is 0.380 e. The number of aliphatic hydroxyl groups is 1. The third-order valence-electron chi connectivity index (χ3n) is 4.22. The molecular weight excluding hydrogens is 272 g/mol. The summed E-state index contributed by atoms with van der Waals surface area (Å²) in [6.07, 6.45) is 0.495. The standard InChI is InChI=1S/C19H20N2O/c1-14-18(15(2)21-20-14)13-19(22,16-9-5-3-6-10-16)17-11-7-4-8-12-17/h3-12,22H,13H2,1-2H3,(H,20,21). The van der Waals surface area contributed by atoms with Crippen LogP contribution in [-0.4, -0.2) is 15.3 Å². The average Bonchev–Trinajstić information content (AvgIpc) is 2.88. The minimum Gasteiger partial charge on any atom is -0.380 e. The number of benzene rings is 2. The van der Waals surface area contributed by atoms with Crippen molar-refractivity contribution in [2.75, 3.05) is 0 Å². The second-order valence-corrected chi connectivity index (χ2v) is 5.68. The molecule has 1 aromatic heterocycles. The molecule has 3 aromatic rings. The summed E-state index contributed by atoms with van der Waals surface area (Å²) in [7, 11) is 0. The number of nitrogens with zero attached hydrogens (tertiary/aromatic N) is 1. The lowest BCUT2D eigenvalue weighted by Gasteiger charge is -2.29. The Labute approximate surface area is 130 Å². The van der Waals surface area contributed by atoms with E-state index in [1.54, 1.807) is 0 Å². The Kier molecular flexibility index (Phi) is 3.82. The molecule has 2 aromatic carbocycles. The number of hydrogen-bond donors (Lipinski definition) is 2. The zero-order valence-corrected chi connectivity index (χ0v) is 12.9. The summed E-state index contributed by atoms with van der Waals surface area (Å²) >= 11 is 0. The highest BCUT2D eigenvalue weighted by Crippen LogP contribution is 2.34. The number of aryl methyl sites for hydroxylation is 2. The lowest BCUT2D eigenvalue weighted by atomic mass is 9.81. The predicted molar refractivity (Wildman–Crippen MR) is 87.6 cm³/mol. The molecule has 0 unspecified atom stereocenters. The molecule has 1 heterocycles. The Morgan fingerprint density at radius 3 is 1.82 bits per heavy atom. The minimum atomic E-state index is -1.07. The fraction of sp³-hybridized carbons (Fsp3) is 0.211. The lowest BCUT2D eigenvalue weighted by molar-refractivity contribution is 0.0808. The molecule has 0 aliphatic heterocycles. The van der Waals surface area contributed by atoms with Gasteiger partial charge in [0.05, 0.1) is 5.69 Å². The van der Waals surface area contributed by atoms with Crippen LogP contribution in [0.25, 0.3) is 0 Å². The van der Waals surface area contributed by atoms with E-state index in [1.807, 2.05) is 74.5 Å². The molecule has 2 N–H and O–H groups in total. The zero-order valence-electron chi connectivity index (χ0n) is 12.9. The number of aromatic nitrogens is 2. The van der Waals surface area contributed by atoms with Gasteiger partial charge in [-0.3, -0.25) is 5.10 Å². The van der Waals surface area contributed by atoms with Crippen LogP contribution in [0.4, 0.5) is 0 Å². The van der Waals surface area contributed by atoms with E-state index in [2.05, 4.69) is 10.2 Å². The summed E-state index contributed by atoms with van der Waals surface area (Å²) in [6.45, 7) is 3.96. The highest BCUT2D eigenvalue weighted by Gasteiger charge is 2.33. The second kappa shape index (κ2) is 5.78. The van der Waals surface area contributed by atoms with E-state index in [0.717, 1.165) is 28.1 Å². The van der Waals surface area contributed by atoms with Gasteiger partial charge in [-0.15, -0.1) is 0 Å². The second-order valence-electron chi connectivity index (χ2n) is 5.68.